The predicted molar refractivity (Wildman–Crippen MR) is 134 cm³/mol. The summed E-state index contributed by atoms with van der Waals surface area (Å²) in [5, 5.41) is 13.3. The number of rotatable bonds is 4. The number of carbonyl (C=O) groups is 3. The smallest absolute Gasteiger partial charge is 0.327 e. The number of imide groups is 1. The molecule has 8 nitrogen and oxygen atoms in total. The number of aromatic amines is 1. The highest BCUT2D eigenvalue weighted by atomic mass is 16.2. The van der Waals surface area contributed by atoms with Crippen molar-refractivity contribution in [3.05, 3.63) is 95.8 Å². The Balaban J connectivity index is 1.32. The lowest BCUT2D eigenvalue weighted by atomic mass is 9.98. The van der Waals surface area contributed by atoms with Crippen LogP contribution in [0.4, 0.5) is 15.3 Å². The SMILES string of the molecule is CC(=O)c1cccc(-c2ccc(C3C=C(C)N(C(=O)Nc4ccc5[nH]ncc5c4)C(=O)N3)cc2)c1. The van der Waals surface area contributed by atoms with Crippen molar-refractivity contribution in [1.82, 2.24) is 20.4 Å². The first-order valence-corrected chi connectivity index (χ1v) is 11.1. The number of hydrogen-bond acceptors (Lipinski definition) is 4. The van der Waals surface area contributed by atoms with Gasteiger partial charge in [-0.1, -0.05) is 42.5 Å². The standard InChI is InChI=1S/C27H23N5O3/c1-16-12-25(19-8-6-18(7-9-19)21-5-3-4-20(13-21)17(2)33)30-27(35)32(16)26(34)29-23-10-11-24-22(14-23)15-28-31-24/h3-15,25H,1-2H3,(H,28,31)(H,29,34)(H,30,35). The van der Waals surface area contributed by atoms with Gasteiger partial charge in [-0.3, -0.25) is 9.89 Å². The second-order valence-corrected chi connectivity index (χ2v) is 8.43. The minimum Gasteiger partial charge on any atom is -0.327 e. The molecule has 2 heterocycles. The van der Waals surface area contributed by atoms with Gasteiger partial charge in [0, 0.05) is 22.3 Å². The van der Waals surface area contributed by atoms with E-state index in [2.05, 4.69) is 20.8 Å². The van der Waals surface area contributed by atoms with E-state index >= 15 is 0 Å². The topological polar surface area (TPSA) is 107 Å². The van der Waals surface area contributed by atoms with Crippen molar-refractivity contribution in [2.24, 2.45) is 0 Å². The second-order valence-electron chi connectivity index (χ2n) is 8.43. The van der Waals surface area contributed by atoms with Gasteiger partial charge in [0.15, 0.2) is 5.78 Å². The van der Waals surface area contributed by atoms with Gasteiger partial charge in [-0.2, -0.15) is 5.10 Å². The van der Waals surface area contributed by atoms with Crippen molar-refractivity contribution < 1.29 is 14.4 Å². The molecular weight excluding hydrogens is 442 g/mol. The van der Waals surface area contributed by atoms with Crippen LogP contribution in [-0.4, -0.2) is 32.9 Å². The molecule has 0 bridgehead atoms. The minimum atomic E-state index is -0.543. The number of H-pyrrole nitrogens is 1. The van der Waals surface area contributed by atoms with Crippen LogP contribution in [-0.2, 0) is 0 Å². The molecule has 8 heteroatoms. The highest BCUT2D eigenvalue weighted by molar-refractivity contribution is 6.03. The maximum Gasteiger partial charge on any atom is 0.334 e. The summed E-state index contributed by atoms with van der Waals surface area (Å²) in [5.41, 5.74) is 5.41. The Morgan fingerprint density at radius 2 is 1.80 bits per heavy atom. The number of nitrogens with one attached hydrogen (secondary N) is 3. The van der Waals surface area contributed by atoms with Gasteiger partial charge in [0.25, 0.3) is 0 Å². The monoisotopic (exact) mass is 465 g/mol. The van der Waals surface area contributed by atoms with Gasteiger partial charge in [0.05, 0.1) is 17.8 Å². The number of anilines is 1. The Labute approximate surface area is 201 Å². The third kappa shape index (κ3) is 4.41. The van der Waals surface area contributed by atoms with E-state index in [-0.39, 0.29) is 11.8 Å². The van der Waals surface area contributed by atoms with Gasteiger partial charge in [0.1, 0.15) is 0 Å². The molecule has 0 aliphatic carbocycles. The Morgan fingerprint density at radius 1 is 1.00 bits per heavy atom. The van der Waals surface area contributed by atoms with Crippen molar-refractivity contribution in [3.63, 3.8) is 0 Å². The largest absolute Gasteiger partial charge is 0.334 e. The summed E-state index contributed by atoms with van der Waals surface area (Å²) in [6.07, 6.45) is 3.51. The molecule has 3 aromatic carbocycles. The molecule has 35 heavy (non-hydrogen) atoms. The molecular formula is C27H23N5O3. The molecule has 3 N–H and O–H groups in total. The number of nitrogens with zero attached hydrogens (tertiary/aromatic N) is 2. The van der Waals surface area contributed by atoms with Crippen molar-refractivity contribution in [2.45, 2.75) is 19.9 Å². The summed E-state index contributed by atoms with van der Waals surface area (Å²) in [4.78, 5) is 38.5. The Morgan fingerprint density at radius 3 is 2.54 bits per heavy atom. The van der Waals surface area contributed by atoms with E-state index in [0.29, 0.717) is 16.9 Å². The van der Waals surface area contributed by atoms with Crippen LogP contribution in [0.2, 0.25) is 0 Å². The van der Waals surface area contributed by atoms with Crippen molar-refractivity contribution in [3.8, 4) is 11.1 Å². The molecule has 1 atom stereocenters. The number of ketones is 1. The summed E-state index contributed by atoms with van der Waals surface area (Å²) < 4.78 is 0. The fraction of sp³-hybridized carbons (Fsp3) is 0.111. The number of carbonyl (C=O) groups excluding carboxylic acids is 3. The fourth-order valence-corrected chi connectivity index (χ4v) is 4.15. The summed E-state index contributed by atoms with van der Waals surface area (Å²) in [7, 11) is 0. The Bertz CT molecular complexity index is 1490. The van der Waals surface area contributed by atoms with E-state index < -0.39 is 12.1 Å². The Hall–Kier alpha value is -4.72. The minimum absolute atomic E-state index is 0.0182. The number of Topliss-reactive ketones (excluding diaryl/α,β-unsaturated/α-hetero) is 1. The van der Waals surface area contributed by atoms with Crippen LogP contribution in [0.15, 0.2) is 84.7 Å². The van der Waals surface area contributed by atoms with Crippen LogP contribution in [0, 0.1) is 0 Å². The van der Waals surface area contributed by atoms with Gasteiger partial charge < -0.3 is 10.6 Å². The number of amides is 4. The summed E-state index contributed by atoms with van der Waals surface area (Å²) >= 11 is 0. The lowest BCUT2D eigenvalue weighted by Crippen LogP contribution is -2.48. The first-order chi connectivity index (χ1) is 16.9. The average Bonchev–Trinajstić information content (AvgIpc) is 3.32. The van der Waals surface area contributed by atoms with Crippen LogP contribution < -0.4 is 10.6 Å². The van der Waals surface area contributed by atoms with Gasteiger partial charge in [0.2, 0.25) is 0 Å². The summed E-state index contributed by atoms with van der Waals surface area (Å²) in [5.74, 6) is 0.0182. The molecule has 0 radical (unpaired) electrons. The lowest BCUT2D eigenvalue weighted by molar-refractivity contribution is 0.101. The van der Waals surface area contributed by atoms with Gasteiger partial charge >= 0.3 is 12.1 Å². The van der Waals surface area contributed by atoms with Gasteiger partial charge in [-0.25, -0.2) is 14.5 Å². The summed E-state index contributed by atoms with van der Waals surface area (Å²) in [6, 6.07) is 19.2. The zero-order chi connectivity index (χ0) is 24.5. The predicted octanol–water partition coefficient (Wildman–Crippen LogP) is 5.63. The molecule has 1 aromatic heterocycles. The number of hydrogen-bond donors (Lipinski definition) is 3. The maximum atomic E-state index is 12.8. The fourth-order valence-electron chi connectivity index (χ4n) is 4.15. The van der Waals surface area contributed by atoms with Crippen LogP contribution in [0.1, 0.15) is 35.8 Å². The molecule has 0 saturated heterocycles. The number of urea groups is 2. The van der Waals surface area contributed by atoms with Crippen LogP contribution >= 0.6 is 0 Å². The van der Waals surface area contributed by atoms with E-state index in [9.17, 15) is 14.4 Å². The lowest BCUT2D eigenvalue weighted by Gasteiger charge is -2.30. The third-order valence-corrected chi connectivity index (χ3v) is 6.01. The number of allylic oxidation sites excluding steroid dienone is 1. The Kier molecular flexibility index (Phi) is 5.62. The van der Waals surface area contributed by atoms with Crippen molar-refractivity contribution in [2.75, 3.05) is 5.32 Å². The number of aromatic nitrogens is 2. The molecule has 4 amide bonds. The molecule has 1 aliphatic heterocycles. The molecule has 0 saturated carbocycles. The molecule has 4 aromatic rings. The zero-order valence-electron chi connectivity index (χ0n) is 19.2. The van der Waals surface area contributed by atoms with Crippen LogP contribution in [0.5, 0.6) is 0 Å². The number of fused-ring (bicyclic) bond motifs is 1. The highest BCUT2D eigenvalue weighted by Gasteiger charge is 2.30. The second kappa shape index (κ2) is 8.90. The third-order valence-electron chi connectivity index (χ3n) is 6.01. The van der Waals surface area contributed by atoms with Crippen LogP contribution in [0.25, 0.3) is 22.0 Å². The zero-order valence-corrected chi connectivity index (χ0v) is 19.2. The van der Waals surface area contributed by atoms with E-state index in [1.54, 1.807) is 38.2 Å². The molecule has 1 unspecified atom stereocenters. The number of benzene rings is 3. The molecule has 174 valence electrons. The first kappa shape index (κ1) is 22.1. The maximum absolute atomic E-state index is 12.8. The molecule has 1 aliphatic rings. The molecule has 0 fully saturated rings. The van der Waals surface area contributed by atoms with E-state index in [1.807, 2.05) is 54.6 Å². The average molecular weight is 466 g/mol. The van der Waals surface area contributed by atoms with Crippen molar-refractivity contribution in [1.29, 1.82) is 0 Å². The highest BCUT2D eigenvalue weighted by Crippen LogP contribution is 2.27. The summed E-state index contributed by atoms with van der Waals surface area (Å²) in [6.45, 7) is 3.27. The molecule has 0 spiro atoms. The van der Waals surface area contributed by atoms with E-state index in [4.69, 9.17) is 0 Å². The normalized spacial score (nSPS) is 15.5. The van der Waals surface area contributed by atoms with E-state index in [1.165, 1.54) is 0 Å². The molecule has 5 rings (SSSR count). The van der Waals surface area contributed by atoms with Gasteiger partial charge in [-0.15, -0.1) is 0 Å². The van der Waals surface area contributed by atoms with E-state index in [0.717, 1.165) is 32.5 Å². The van der Waals surface area contributed by atoms with Crippen LogP contribution in [0.3, 0.4) is 0 Å². The van der Waals surface area contributed by atoms with Crippen molar-refractivity contribution >= 4 is 34.4 Å². The first-order valence-electron chi connectivity index (χ1n) is 11.1. The quantitative estimate of drug-likeness (QED) is 0.339. The van der Waals surface area contributed by atoms with Gasteiger partial charge in [-0.05, 0) is 60.9 Å².